The quantitative estimate of drug-likeness (QED) is 0.500. The van der Waals surface area contributed by atoms with Gasteiger partial charge in [0, 0.05) is 31.5 Å². The lowest BCUT2D eigenvalue weighted by molar-refractivity contribution is 0.0957. The van der Waals surface area contributed by atoms with Crippen molar-refractivity contribution in [1.82, 2.24) is 10.3 Å². The first-order valence-electron chi connectivity index (χ1n) is 11.5. The lowest BCUT2D eigenvalue weighted by Crippen LogP contribution is -2.25. The number of nitrogens with one attached hydrogen (secondary N) is 1. The third-order valence-electron chi connectivity index (χ3n) is 6.79. The lowest BCUT2D eigenvalue weighted by Gasteiger charge is -2.21. The molecule has 2 aromatic rings. The summed E-state index contributed by atoms with van der Waals surface area (Å²) in [6.45, 7) is 6.52. The van der Waals surface area contributed by atoms with E-state index in [0.29, 0.717) is 17.5 Å². The summed E-state index contributed by atoms with van der Waals surface area (Å²) in [6, 6.07) is 8.24. The minimum atomic E-state index is -0.107. The van der Waals surface area contributed by atoms with Gasteiger partial charge in [0.1, 0.15) is 0 Å². The zero-order chi connectivity index (χ0) is 22.1. The molecule has 1 saturated carbocycles. The van der Waals surface area contributed by atoms with Crippen LogP contribution in [0.4, 0.5) is 0 Å². The maximum absolute atomic E-state index is 12.7. The number of amides is 1. The van der Waals surface area contributed by atoms with Gasteiger partial charge in [0.25, 0.3) is 5.91 Å². The zero-order valence-corrected chi connectivity index (χ0v) is 18.7. The van der Waals surface area contributed by atoms with Crippen LogP contribution in [0.5, 0.6) is 0 Å². The number of fused-ring (bicyclic) bond motifs is 1. The summed E-state index contributed by atoms with van der Waals surface area (Å²) in [6.07, 6.45) is 20.6. The summed E-state index contributed by atoms with van der Waals surface area (Å²) in [5, 5.41) is 4.01. The Hall–Kier alpha value is -3.20. The first-order valence-corrected chi connectivity index (χ1v) is 11.5. The van der Waals surface area contributed by atoms with Crippen molar-refractivity contribution in [2.24, 2.45) is 5.41 Å². The molecule has 1 spiro atoms. The van der Waals surface area contributed by atoms with Crippen molar-refractivity contribution >= 4 is 22.4 Å². The van der Waals surface area contributed by atoms with Gasteiger partial charge < -0.3 is 5.32 Å². The van der Waals surface area contributed by atoms with Gasteiger partial charge in [0.15, 0.2) is 0 Å². The van der Waals surface area contributed by atoms with E-state index in [-0.39, 0.29) is 7.33 Å². The van der Waals surface area contributed by atoms with E-state index in [9.17, 15) is 4.79 Å². The second-order valence-electron chi connectivity index (χ2n) is 9.45. The van der Waals surface area contributed by atoms with E-state index in [1.165, 1.54) is 42.4 Å². The Balaban J connectivity index is 0.00000259. The predicted molar refractivity (Wildman–Crippen MR) is 134 cm³/mol. The van der Waals surface area contributed by atoms with Gasteiger partial charge in [-0.25, -0.2) is 0 Å². The number of carbonyl (C=O) groups excluding carboxylic acids is 1. The molecule has 0 aliphatic heterocycles. The first-order chi connectivity index (χ1) is 15.5. The molecule has 3 nitrogen and oxygen atoms in total. The van der Waals surface area contributed by atoms with Gasteiger partial charge >= 0.3 is 0 Å². The van der Waals surface area contributed by atoms with E-state index < -0.39 is 0 Å². The topological polar surface area (TPSA) is 42.0 Å². The van der Waals surface area contributed by atoms with E-state index in [4.69, 9.17) is 4.98 Å². The minimum absolute atomic E-state index is 0. The second kappa shape index (κ2) is 8.38. The Kier molecular flexibility index (Phi) is 5.42. The first kappa shape index (κ1) is 20.7. The number of aromatic nitrogens is 1. The molecule has 0 saturated heterocycles. The molecule has 0 unspecified atom stereocenters. The van der Waals surface area contributed by atoms with Gasteiger partial charge in [0.2, 0.25) is 0 Å². The van der Waals surface area contributed by atoms with Crippen molar-refractivity contribution in [1.29, 1.82) is 0 Å². The van der Waals surface area contributed by atoms with E-state index in [1.807, 2.05) is 37.3 Å². The van der Waals surface area contributed by atoms with Crippen LogP contribution in [0.25, 0.3) is 16.5 Å². The van der Waals surface area contributed by atoms with E-state index in [2.05, 4.69) is 42.6 Å². The molecule has 32 heavy (non-hydrogen) atoms. The van der Waals surface area contributed by atoms with Crippen LogP contribution in [-0.4, -0.2) is 17.4 Å². The fraction of sp³-hybridized carbons (Fsp3) is 0.276. The van der Waals surface area contributed by atoms with Crippen LogP contribution in [0.2, 0.25) is 0 Å². The Morgan fingerprint density at radius 3 is 2.88 bits per heavy atom. The van der Waals surface area contributed by atoms with Crippen LogP contribution in [0, 0.1) is 11.8 Å². The molecule has 3 aliphatic rings. The summed E-state index contributed by atoms with van der Waals surface area (Å²) in [5.41, 5.74) is 8.02. The number of para-hydroxylation sites is 1. The number of carbonyl (C=O) groups is 1. The normalized spacial score (nSPS) is 19.1. The largest absolute Gasteiger partial charge is 0.348 e. The number of benzene rings is 1. The van der Waals surface area contributed by atoms with E-state index in [0.717, 1.165) is 28.5 Å². The molecule has 1 radical (unpaired) electrons. The fourth-order valence-corrected chi connectivity index (χ4v) is 4.46. The molecule has 0 atom stereocenters. The highest BCUT2D eigenvalue weighted by molar-refractivity contribution is 5.99. The smallest absolute Gasteiger partial charge is 0.253 e. The molecule has 0 bridgehead atoms. The number of pyridine rings is 1. The van der Waals surface area contributed by atoms with Gasteiger partial charge in [-0.3, -0.25) is 9.78 Å². The van der Waals surface area contributed by atoms with E-state index in [1.54, 1.807) is 6.20 Å². The van der Waals surface area contributed by atoms with E-state index >= 15 is 0 Å². The molecule has 163 valence electrons. The molecule has 1 aromatic heterocycles. The Bertz CT molecular complexity index is 1230. The summed E-state index contributed by atoms with van der Waals surface area (Å²) < 4.78 is 0. The van der Waals surface area contributed by atoms with Gasteiger partial charge in [-0.05, 0) is 67.2 Å². The van der Waals surface area contributed by atoms with Gasteiger partial charge in [-0.2, -0.15) is 0 Å². The van der Waals surface area contributed by atoms with Crippen molar-refractivity contribution in [2.45, 2.75) is 39.0 Å². The average molecular weight is 424 g/mol. The monoisotopic (exact) mass is 423 g/mol. The van der Waals surface area contributed by atoms with Crippen LogP contribution in [0.3, 0.4) is 0 Å². The SMILES string of the molecule is C=C(/C=C\C1=C[CH]1)/C=C(\C)CNC(=O)c1cnc2c(C3=CCC4(CC3)CC4)cccc2c1.[HH]. The van der Waals surface area contributed by atoms with Crippen LogP contribution in [0.1, 0.15) is 56.4 Å². The molecule has 1 N–H and O–H groups in total. The highest BCUT2D eigenvalue weighted by Gasteiger charge is 2.42. The van der Waals surface area contributed by atoms with Crippen LogP contribution in [0.15, 0.2) is 84.1 Å². The average Bonchev–Trinajstić information content (AvgIpc) is 3.74. The van der Waals surface area contributed by atoms with Crippen molar-refractivity contribution in [3.8, 4) is 0 Å². The lowest BCUT2D eigenvalue weighted by atomic mass is 9.84. The molecule has 1 aromatic carbocycles. The number of nitrogens with zero attached hydrogens (tertiary/aromatic N) is 1. The Morgan fingerprint density at radius 1 is 1.31 bits per heavy atom. The zero-order valence-electron chi connectivity index (χ0n) is 18.7. The van der Waals surface area contributed by atoms with Crippen molar-refractivity contribution in [3.63, 3.8) is 0 Å². The summed E-state index contributed by atoms with van der Waals surface area (Å²) in [4.78, 5) is 17.4. The standard InChI is InChI=1S/C29H29N2O.H2/c1-20(6-7-22-8-9-22)16-21(2)18-31-28(32)25-17-24-4-3-5-26(27(24)30-19-25)23-10-12-29(13-11-23)14-15-29;/h3-10,16-17,19H,1,11-15,18H2,2H3,(H,31,32);1H/b7-6-,21-16+;. The summed E-state index contributed by atoms with van der Waals surface area (Å²) >= 11 is 0. The molecular formula is C29H31N2O. The molecule has 1 heterocycles. The highest BCUT2D eigenvalue weighted by atomic mass is 16.1. The van der Waals surface area contributed by atoms with Crippen molar-refractivity contribution < 1.29 is 6.22 Å². The third-order valence-corrected chi connectivity index (χ3v) is 6.79. The third kappa shape index (κ3) is 4.67. The summed E-state index contributed by atoms with van der Waals surface area (Å²) in [7, 11) is 0. The van der Waals surface area contributed by atoms with Crippen LogP contribution < -0.4 is 5.32 Å². The second-order valence-corrected chi connectivity index (χ2v) is 9.45. The highest BCUT2D eigenvalue weighted by Crippen LogP contribution is 2.56. The molecular weight excluding hydrogens is 392 g/mol. The number of rotatable bonds is 7. The molecule has 3 aliphatic carbocycles. The van der Waals surface area contributed by atoms with Gasteiger partial charge in [-0.1, -0.05) is 60.7 Å². The predicted octanol–water partition coefficient (Wildman–Crippen LogP) is 6.76. The van der Waals surface area contributed by atoms with Crippen molar-refractivity contribution in [2.75, 3.05) is 6.54 Å². The van der Waals surface area contributed by atoms with Gasteiger partial charge in [-0.15, -0.1) is 0 Å². The number of hydrogen-bond donors (Lipinski definition) is 1. The molecule has 1 amide bonds. The molecule has 1 fully saturated rings. The molecule has 5 rings (SSSR count). The van der Waals surface area contributed by atoms with Gasteiger partial charge in [0.05, 0.1) is 11.1 Å². The maximum Gasteiger partial charge on any atom is 0.253 e. The number of hydrogen-bond acceptors (Lipinski definition) is 2. The Labute approximate surface area is 191 Å². The maximum atomic E-state index is 12.7. The Morgan fingerprint density at radius 2 is 2.16 bits per heavy atom. The minimum Gasteiger partial charge on any atom is -0.348 e. The fourth-order valence-electron chi connectivity index (χ4n) is 4.46. The summed E-state index contributed by atoms with van der Waals surface area (Å²) in [5.74, 6) is -0.107. The van der Waals surface area contributed by atoms with Crippen molar-refractivity contribution in [3.05, 3.63) is 102 Å². The number of allylic oxidation sites excluding steroid dienone is 8. The van der Waals surface area contributed by atoms with Crippen LogP contribution >= 0.6 is 0 Å². The molecule has 3 heteroatoms. The van der Waals surface area contributed by atoms with Crippen LogP contribution in [-0.2, 0) is 0 Å².